The number of para-hydroxylation sites is 1. The van der Waals surface area contributed by atoms with Crippen molar-refractivity contribution in [2.45, 2.75) is 0 Å². The summed E-state index contributed by atoms with van der Waals surface area (Å²) in [4.78, 5) is 12.4. The van der Waals surface area contributed by atoms with Crippen molar-refractivity contribution in [2.24, 2.45) is 0 Å². The normalized spacial score (nSPS) is 13.1. The Morgan fingerprint density at radius 1 is 1.06 bits per heavy atom. The van der Waals surface area contributed by atoms with Gasteiger partial charge in [-0.15, -0.1) is 0 Å². The Bertz CT molecular complexity index is 578. The van der Waals surface area contributed by atoms with Crippen LogP contribution < -0.4 is 10.1 Å². The van der Waals surface area contributed by atoms with E-state index in [0.29, 0.717) is 23.5 Å². The summed E-state index contributed by atoms with van der Waals surface area (Å²) in [6.45, 7) is 1.36. The minimum absolute atomic E-state index is 0.00356. The van der Waals surface area contributed by atoms with E-state index in [2.05, 4.69) is 5.32 Å². The van der Waals surface area contributed by atoms with Crippen molar-refractivity contribution >= 4 is 11.5 Å². The van der Waals surface area contributed by atoms with E-state index >= 15 is 0 Å². The maximum atomic E-state index is 12.4. The first kappa shape index (κ1) is 10.8. The second-order valence-electron chi connectivity index (χ2n) is 4.15. The summed E-state index contributed by atoms with van der Waals surface area (Å²) in [7, 11) is 0. The molecule has 0 aromatic heterocycles. The van der Waals surface area contributed by atoms with E-state index in [-0.39, 0.29) is 5.78 Å². The third kappa shape index (κ3) is 1.84. The van der Waals surface area contributed by atoms with Crippen molar-refractivity contribution in [1.82, 2.24) is 0 Å². The van der Waals surface area contributed by atoms with Gasteiger partial charge in [0.1, 0.15) is 6.61 Å². The third-order valence-electron chi connectivity index (χ3n) is 2.96. The molecule has 2 aromatic rings. The van der Waals surface area contributed by atoms with Crippen LogP contribution in [0.4, 0.5) is 5.69 Å². The standard InChI is InChI=1S/C15H13NO2/c17-14(11-5-2-1-3-6-11)12-7-4-8-13-15(12)18-10-9-16-13/h1-8,16H,9-10H2. The molecule has 0 atom stereocenters. The van der Waals surface area contributed by atoms with Gasteiger partial charge in [0.05, 0.1) is 11.3 Å². The molecule has 3 heteroatoms. The van der Waals surface area contributed by atoms with Crippen molar-refractivity contribution in [1.29, 1.82) is 0 Å². The van der Waals surface area contributed by atoms with E-state index in [1.807, 2.05) is 42.5 Å². The molecule has 1 N–H and O–H groups in total. The molecular formula is C15H13NO2. The van der Waals surface area contributed by atoms with Gasteiger partial charge in [0.2, 0.25) is 0 Å². The molecule has 0 unspecified atom stereocenters. The number of ketones is 1. The zero-order chi connectivity index (χ0) is 12.4. The van der Waals surface area contributed by atoms with Crippen LogP contribution in [0.3, 0.4) is 0 Å². The topological polar surface area (TPSA) is 38.3 Å². The molecule has 3 rings (SSSR count). The fourth-order valence-corrected chi connectivity index (χ4v) is 2.09. The minimum Gasteiger partial charge on any atom is -0.489 e. The molecule has 2 aromatic carbocycles. The number of rotatable bonds is 2. The first-order chi connectivity index (χ1) is 8.86. The van der Waals surface area contributed by atoms with Crippen LogP contribution in [0, 0.1) is 0 Å². The number of ether oxygens (including phenoxy) is 1. The maximum Gasteiger partial charge on any atom is 0.196 e. The smallest absolute Gasteiger partial charge is 0.196 e. The van der Waals surface area contributed by atoms with Gasteiger partial charge < -0.3 is 10.1 Å². The van der Waals surface area contributed by atoms with Crippen molar-refractivity contribution in [3.05, 3.63) is 59.7 Å². The predicted octanol–water partition coefficient (Wildman–Crippen LogP) is 2.72. The van der Waals surface area contributed by atoms with Crippen LogP contribution in [-0.4, -0.2) is 18.9 Å². The Kier molecular flexibility index (Phi) is 2.73. The van der Waals surface area contributed by atoms with E-state index in [0.717, 1.165) is 12.2 Å². The lowest BCUT2D eigenvalue weighted by Gasteiger charge is -2.21. The second kappa shape index (κ2) is 4.53. The molecule has 0 saturated carbocycles. The van der Waals surface area contributed by atoms with Crippen molar-refractivity contribution < 1.29 is 9.53 Å². The minimum atomic E-state index is -0.00356. The second-order valence-corrected chi connectivity index (χ2v) is 4.15. The summed E-state index contributed by atoms with van der Waals surface area (Å²) in [6, 6.07) is 14.9. The van der Waals surface area contributed by atoms with Gasteiger partial charge in [0, 0.05) is 12.1 Å². The molecule has 1 heterocycles. The Morgan fingerprint density at radius 2 is 1.89 bits per heavy atom. The highest BCUT2D eigenvalue weighted by molar-refractivity contribution is 6.11. The van der Waals surface area contributed by atoms with E-state index in [9.17, 15) is 4.79 Å². The number of carbonyl (C=O) groups excluding carboxylic acids is 1. The molecular weight excluding hydrogens is 226 g/mol. The quantitative estimate of drug-likeness (QED) is 0.819. The fourth-order valence-electron chi connectivity index (χ4n) is 2.09. The summed E-state index contributed by atoms with van der Waals surface area (Å²) in [5.41, 5.74) is 2.19. The molecule has 0 radical (unpaired) electrons. The summed E-state index contributed by atoms with van der Waals surface area (Å²) >= 11 is 0. The van der Waals surface area contributed by atoms with Gasteiger partial charge in [0.25, 0.3) is 0 Å². The van der Waals surface area contributed by atoms with Gasteiger partial charge >= 0.3 is 0 Å². The zero-order valence-corrected chi connectivity index (χ0v) is 9.85. The SMILES string of the molecule is O=C(c1ccccc1)c1cccc2c1OCCN2. The Hall–Kier alpha value is -2.29. The lowest BCUT2D eigenvalue weighted by molar-refractivity contribution is 0.103. The van der Waals surface area contributed by atoms with Gasteiger partial charge in [0.15, 0.2) is 11.5 Å². The number of hydrogen-bond acceptors (Lipinski definition) is 3. The lowest BCUT2D eigenvalue weighted by Crippen LogP contribution is -2.20. The monoisotopic (exact) mass is 239 g/mol. The van der Waals surface area contributed by atoms with E-state index in [1.54, 1.807) is 6.07 Å². The molecule has 0 spiro atoms. The van der Waals surface area contributed by atoms with Crippen LogP contribution in [0.15, 0.2) is 48.5 Å². The van der Waals surface area contributed by atoms with Crippen LogP contribution >= 0.6 is 0 Å². The van der Waals surface area contributed by atoms with Crippen molar-refractivity contribution in [3.8, 4) is 5.75 Å². The number of carbonyl (C=O) groups is 1. The molecule has 0 saturated heterocycles. The first-order valence-corrected chi connectivity index (χ1v) is 5.96. The maximum absolute atomic E-state index is 12.4. The van der Waals surface area contributed by atoms with Gasteiger partial charge in [-0.2, -0.15) is 0 Å². The molecule has 0 aliphatic carbocycles. The zero-order valence-electron chi connectivity index (χ0n) is 9.85. The van der Waals surface area contributed by atoms with Crippen LogP contribution in [0.25, 0.3) is 0 Å². The lowest BCUT2D eigenvalue weighted by atomic mass is 10.0. The van der Waals surface area contributed by atoms with Gasteiger partial charge in [-0.3, -0.25) is 4.79 Å². The average Bonchev–Trinajstić information content (AvgIpc) is 2.47. The number of nitrogens with one attached hydrogen (secondary N) is 1. The highest BCUT2D eigenvalue weighted by atomic mass is 16.5. The summed E-state index contributed by atoms with van der Waals surface area (Å²) in [6.07, 6.45) is 0. The highest BCUT2D eigenvalue weighted by Gasteiger charge is 2.19. The van der Waals surface area contributed by atoms with Crippen LogP contribution in [0.5, 0.6) is 5.75 Å². The molecule has 90 valence electrons. The van der Waals surface area contributed by atoms with E-state index in [4.69, 9.17) is 4.74 Å². The number of benzene rings is 2. The van der Waals surface area contributed by atoms with Gasteiger partial charge in [-0.05, 0) is 12.1 Å². The van der Waals surface area contributed by atoms with Crippen molar-refractivity contribution in [3.63, 3.8) is 0 Å². The molecule has 0 fully saturated rings. The molecule has 0 bridgehead atoms. The number of hydrogen-bond donors (Lipinski definition) is 1. The molecule has 1 aliphatic rings. The highest BCUT2D eigenvalue weighted by Crippen LogP contribution is 2.32. The van der Waals surface area contributed by atoms with Crippen LogP contribution in [0.1, 0.15) is 15.9 Å². The van der Waals surface area contributed by atoms with Crippen molar-refractivity contribution in [2.75, 3.05) is 18.5 Å². The fraction of sp³-hybridized carbons (Fsp3) is 0.133. The summed E-state index contributed by atoms with van der Waals surface area (Å²) in [5.74, 6) is 0.661. The van der Waals surface area contributed by atoms with E-state index < -0.39 is 0 Å². The van der Waals surface area contributed by atoms with Gasteiger partial charge in [-0.25, -0.2) is 0 Å². The Morgan fingerprint density at radius 3 is 2.72 bits per heavy atom. The summed E-state index contributed by atoms with van der Waals surface area (Å²) < 4.78 is 5.61. The molecule has 3 nitrogen and oxygen atoms in total. The van der Waals surface area contributed by atoms with Gasteiger partial charge in [-0.1, -0.05) is 36.4 Å². The Balaban J connectivity index is 2.05. The first-order valence-electron chi connectivity index (χ1n) is 5.96. The predicted molar refractivity (Wildman–Crippen MR) is 70.3 cm³/mol. The average molecular weight is 239 g/mol. The molecule has 0 amide bonds. The largest absolute Gasteiger partial charge is 0.489 e. The molecule has 1 aliphatic heterocycles. The number of anilines is 1. The van der Waals surface area contributed by atoms with Crippen LogP contribution in [-0.2, 0) is 0 Å². The number of fused-ring (bicyclic) bond motifs is 1. The third-order valence-corrected chi connectivity index (χ3v) is 2.96. The Labute approximate surface area is 105 Å². The van der Waals surface area contributed by atoms with Crippen LogP contribution in [0.2, 0.25) is 0 Å². The summed E-state index contributed by atoms with van der Waals surface area (Å²) in [5, 5.41) is 3.23. The molecule has 18 heavy (non-hydrogen) atoms. The van der Waals surface area contributed by atoms with E-state index in [1.165, 1.54) is 0 Å².